The van der Waals surface area contributed by atoms with E-state index < -0.39 is 5.97 Å². The van der Waals surface area contributed by atoms with Gasteiger partial charge in [-0.3, -0.25) is 0 Å². The van der Waals surface area contributed by atoms with Crippen molar-refractivity contribution in [3.8, 4) is 23.1 Å². The highest BCUT2D eigenvalue weighted by molar-refractivity contribution is 6.31. The van der Waals surface area contributed by atoms with E-state index in [0.29, 0.717) is 22.9 Å². The zero-order valence-electron chi connectivity index (χ0n) is 16.2. The summed E-state index contributed by atoms with van der Waals surface area (Å²) in [5.41, 5.74) is 0.662. The highest BCUT2D eigenvalue weighted by Crippen LogP contribution is 2.43. The van der Waals surface area contributed by atoms with Crippen LogP contribution in [0.4, 0.5) is 5.69 Å². The van der Waals surface area contributed by atoms with E-state index in [4.69, 9.17) is 25.8 Å². The van der Waals surface area contributed by atoms with E-state index in [1.807, 2.05) is 6.92 Å². The van der Waals surface area contributed by atoms with Gasteiger partial charge in [-0.2, -0.15) is 0 Å². The molecule has 0 unspecified atom stereocenters. The van der Waals surface area contributed by atoms with Crippen LogP contribution in [-0.2, 0) is 0 Å². The summed E-state index contributed by atoms with van der Waals surface area (Å²) in [6.07, 6.45) is 0.718. The number of aliphatic hydroxyl groups is 1. The van der Waals surface area contributed by atoms with Crippen LogP contribution in [0.5, 0.6) is 23.1 Å². The minimum absolute atomic E-state index is 0.143. The number of aliphatic hydroxyl groups excluding tert-OH is 1. The smallest absolute Gasteiger partial charge is 0.343 e. The van der Waals surface area contributed by atoms with E-state index in [9.17, 15) is 15.0 Å². The normalized spacial score (nSPS) is 10.5. The fourth-order valence-corrected chi connectivity index (χ4v) is 2.93. The highest BCUT2D eigenvalue weighted by Gasteiger charge is 2.25. The molecule has 28 heavy (non-hydrogen) atoms. The Labute approximate surface area is 168 Å². The van der Waals surface area contributed by atoms with Gasteiger partial charge in [0.25, 0.3) is 0 Å². The first-order valence-corrected chi connectivity index (χ1v) is 8.94. The van der Waals surface area contributed by atoms with Crippen LogP contribution in [0.25, 0.3) is 0 Å². The number of benzene rings is 1. The third-order valence-corrected chi connectivity index (χ3v) is 4.15. The Morgan fingerprint density at radius 1 is 1.21 bits per heavy atom. The molecule has 1 aromatic heterocycles. The van der Waals surface area contributed by atoms with Crippen molar-refractivity contribution in [2.75, 3.05) is 32.4 Å². The zero-order chi connectivity index (χ0) is 20.8. The van der Waals surface area contributed by atoms with Crippen LogP contribution in [-0.4, -0.2) is 48.7 Å². The molecule has 0 saturated heterocycles. The van der Waals surface area contributed by atoms with E-state index in [1.54, 1.807) is 17.9 Å². The standard InChI is InChI=1S/C19H23ClN2O6/c1-5-6-22(10-23)13-7-11(2)21-18(16(13)19(24)25)28-17-14(26-3)8-12(20)9-15(17)27-4/h7-9,23H,5-6,10H2,1-4H3,(H,24,25). The molecule has 0 amide bonds. The number of carboxylic acid groups (broad SMARTS) is 1. The fraction of sp³-hybridized carbons (Fsp3) is 0.368. The molecule has 8 nitrogen and oxygen atoms in total. The number of ether oxygens (including phenoxy) is 3. The summed E-state index contributed by atoms with van der Waals surface area (Å²) in [5, 5.41) is 19.9. The quantitative estimate of drug-likeness (QED) is 0.603. The molecule has 2 N–H and O–H groups in total. The van der Waals surface area contributed by atoms with Crippen molar-refractivity contribution in [2.45, 2.75) is 20.3 Å². The number of aromatic carboxylic acids is 1. The average Bonchev–Trinajstić information content (AvgIpc) is 2.66. The maximum absolute atomic E-state index is 12.0. The van der Waals surface area contributed by atoms with Crippen molar-refractivity contribution in [3.63, 3.8) is 0 Å². The fourth-order valence-electron chi connectivity index (χ4n) is 2.73. The Hall–Kier alpha value is -2.71. The summed E-state index contributed by atoms with van der Waals surface area (Å²) in [6.45, 7) is 3.76. The SMILES string of the molecule is CCCN(CO)c1cc(C)nc(Oc2c(OC)cc(Cl)cc2OC)c1C(=O)O. The maximum Gasteiger partial charge on any atom is 0.343 e. The van der Waals surface area contributed by atoms with Crippen molar-refractivity contribution in [1.82, 2.24) is 4.98 Å². The van der Waals surface area contributed by atoms with E-state index in [2.05, 4.69) is 4.98 Å². The number of methoxy groups -OCH3 is 2. The number of pyridine rings is 1. The lowest BCUT2D eigenvalue weighted by Crippen LogP contribution is -2.27. The zero-order valence-corrected chi connectivity index (χ0v) is 16.9. The van der Waals surface area contributed by atoms with Crippen LogP contribution in [0.1, 0.15) is 29.4 Å². The lowest BCUT2D eigenvalue weighted by molar-refractivity contribution is 0.0693. The number of carbonyl (C=O) groups is 1. The molecule has 1 heterocycles. The van der Waals surface area contributed by atoms with Gasteiger partial charge in [0.05, 0.1) is 19.9 Å². The number of rotatable bonds is 9. The Morgan fingerprint density at radius 3 is 2.29 bits per heavy atom. The second-order valence-corrected chi connectivity index (χ2v) is 6.35. The Morgan fingerprint density at radius 2 is 1.82 bits per heavy atom. The molecule has 0 aliphatic rings. The monoisotopic (exact) mass is 410 g/mol. The van der Waals surface area contributed by atoms with E-state index in [-0.39, 0.29) is 35.4 Å². The number of nitrogens with zero attached hydrogens (tertiary/aromatic N) is 2. The second-order valence-electron chi connectivity index (χ2n) is 5.91. The van der Waals surface area contributed by atoms with Gasteiger partial charge >= 0.3 is 5.97 Å². The molecule has 0 bridgehead atoms. The number of hydrogen-bond acceptors (Lipinski definition) is 7. The number of halogens is 1. The first-order chi connectivity index (χ1) is 13.4. The first kappa shape index (κ1) is 21.6. The van der Waals surface area contributed by atoms with Gasteiger partial charge in [-0.1, -0.05) is 18.5 Å². The minimum atomic E-state index is -1.24. The largest absolute Gasteiger partial charge is 0.493 e. The van der Waals surface area contributed by atoms with E-state index in [0.717, 1.165) is 6.42 Å². The van der Waals surface area contributed by atoms with Crippen LogP contribution >= 0.6 is 11.6 Å². The predicted molar refractivity (Wildman–Crippen MR) is 105 cm³/mol. The molecule has 0 atom stereocenters. The average molecular weight is 411 g/mol. The lowest BCUT2D eigenvalue weighted by Gasteiger charge is -2.25. The number of anilines is 1. The van der Waals surface area contributed by atoms with Gasteiger partial charge < -0.3 is 29.3 Å². The molecular formula is C19H23ClN2O6. The molecule has 9 heteroatoms. The van der Waals surface area contributed by atoms with E-state index in [1.165, 1.54) is 26.4 Å². The predicted octanol–water partition coefficient (Wildman–Crippen LogP) is 3.72. The van der Waals surface area contributed by atoms with Crippen molar-refractivity contribution < 1.29 is 29.2 Å². The summed E-state index contributed by atoms with van der Waals surface area (Å²) in [7, 11) is 2.86. The highest BCUT2D eigenvalue weighted by atomic mass is 35.5. The van der Waals surface area contributed by atoms with Gasteiger partial charge in [0.1, 0.15) is 12.3 Å². The molecule has 0 saturated carbocycles. The Kier molecular flexibility index (Phi) is 7.31. The van der Waals surface area contributed by atoms with Gasteiger partial charge in [-0.05, 0) is 19.4 Å². The number of hydrogen-bond donors (Lipinski definition) is 2. The number of aromatic nitrogens is 1. The maximum atomic E-state index is 12.0. The van der Waals surface area contributed by atoms with Crippen molar-refractivity contribution in [1.29, 1.82) is 0 Å². The third-order valence-electron chi connectivity index (χ3n) is 3.94. The summed E-state index contributed by atoms with van der Waals surface area (Å²) >= 11 is 6.05. The van der Waals surface area contributed by atoms with Crippen LogP contribution in [0.2, 0.25) is 5.02 Å². The second kappa shape index (κ2) is 9.48. The van der Waals surface area contributed by atoms with Gasteiger partial charge in [-0.15, -0.1) is 0 Å². The number of aryl methyl sites for hydroxylation is 1. The van der Waals surface area contributed by atoms with Crippen molar-refractivity contribution in [3.05, 3.63) is 34.5 Å². The molecule has 152 valence electrons. The Bertz CT molecular complexity index is 834. The van der Waals surface area contributed by atoms with Gasteiger partial charge in [0.2, 0.25) is 11.6 Å². The van der Waals surface area contributed by atoms with Crippen LogP contribution in [0.3, 0.4) is 0 Å². The van der Waals surface area contributed by atoms with Gasteiger partial charge in [-0.25, -0.2) is 9.78 Å². The lowest BCUT2D eigenvalue weighted by atomic mass is 10.1. The summed E-state index contributed by atoms with van der Waals surface area (Å²) in [5.74, 6) is -0.710. The van der Waals surface area contributed by atoms with Crippen molar-refractivity contribution in [2.24, 2.45) is 0 Å². The molecule has 2 rings (SSSR count). The number of carboxylic acids is 1. The first-order valence-electron chi connectivity index (χ1n) is 8.56. The molecular weight excluding hydrogens is 388 g/mol. The third kappa shape index (κ3) is 4.58. The Balaban J connectivity index is 2.67. The van der Waals surface area contributed by atoms with Crippen LogP contribution in [0.15, 0.2) is 18.2 Å². The van der Waals surface area contributed by atoms with Crippen LogP contribution in [0, 0.1) is 6.92 Å². The molecule has 0 fully saturated rings. The van der Waals surface area contributed by atoms with Gasteiger partial charge in [0.15, 0.2) is 11.5 Å². The molecule has 2 aromatic rings. The molecule has 1 aromatic carbocycles. The molecule has 0 spiro atoms. The van der Waals surface area contributed by atoms with Crippen LogP contribution < -0.4 is 19.1 Å². The summed E-state index contributed by atoms with van der Waals surface area (Å²) in [4.78, 5) is 17.8. The molecule has 0 aliphatic heterocycles. The van der Waals surface area contributed by atoms with Crippen molar-refractivity contribution >= 4 is 23.3 Å². The molecule has 0 aliphatic carbocycles. The van der Waals surface area contributed by atoms with E-state index >= 15 is 0 Å². The minimum Gasteiger partial charge on any atom is -0.493 e. The molecule has 0 radical (unpaired) electrons. The summed E-state index contributed by atoms with van der Waals surface area (Å²) in [6, 6.07) is 4.64. The van der Waals surface area contributed by atoms with Gasteiger partial charge in [0, 0.05) is 29.4 Å². The topological polar surface area (TPSA) is 101 Å². The summed E-state index contributed by atoms with van der Waals surface area (Å²) < 4.78 is 16.4.